The molecule has 1 aliphatic rings. The Bertz CT molecular complexity index is 431. The standard InChI is InChI=1S/C15H24BrN3O/c1-4-5-17-7-13-6-14(16)8-18-15(13)19-9-11(2)20-12(3)10-19/h6,8,11-12,17H,4-5,7,9-10H2,1-3H3/t11-,12+. The lowest BCUT2D eigenvalue weighted by Crippen LogP contribution is -2.46. The number of hydrogen-bond acceptors (Lipinski definition) is 4. The minimum Gasteiger partial charge on any atom is -0.372 e. The van der Waals surface area contributed by atoms with Gasteiger partial charge in [0.25, 0.3) is 0 Å². The zero-order valence-electron chi connectivity index (χ0n) is 12.5. The lowest BCUT2D eigenvalue weighted by Gasteiger charge is -2.37. The molecule has 0 aromatic carbocycles. The number of nitrogens with zero attached hydrogens (tertiary/aromatic N) is 2. The summed E-state index contributed by atoms with van der Waals surface area (Å²) < 4.78 is 6.84. The first-order chi connectivity index (χ1) is 9.60. The van der Waals surface area contributed by atoms with E-state index in [1.807, 2.05) is 6.20 Å². The minimum absolute atomic E-state index is 0.251. The van der Waals surface area contributed by atoms with Crippen LogP contribution >= 0.6 is 15.9 Å². The first kappa shape index (κ1) is 15.7. The Morgan fingerprint density at radius 2 is 2.10 bits per heavy atom. The molecular weight excluding hydrogens is 318 g/mol. The second kappa shape index (κ2) is 7.38. The van der Waals surface area contributed by atoms with E-state index in [9.17, 15) is 0 Å². The second-order valence-corrected chi connectivity index (χ2v) is 6.39. The summed E-state index contributed by atoms with van der Waals surface area (Å²) >= 11 is 3.52. The van der Waals surface area contributed by atoms with Crippen molar-refractivity contribution in [2.24, 2.45) is 0 Å². The van der Waals surface area contributed by atoms with Gasteiger partial charge >= 0.3 is 0 Å². The number of hydrogen-bond donors (Lipinski definition) is 1. The quantitative estimate of drug-likeness (QED) is 0.835. The van der Waals surface area contributed by atoms with Crippen LogP contribution in [0.25, 0.3) is 0 Å². The summed E-state index contributed by atoms with van der Waals surface area (Å²) in [6.45, 7) is 10.1. The number of rotatable bonds is 5. The van der Waals surface area contributed by atoms with Crippen molar-refractivity contribution >= 4 is 21.7 Å². The molecule has 0 saturated carbocycles. The molecule has 1 aromatic rings. The molecule has 1 aliphatic heterocycles. The van der Waals surface area contributed by atoms with Crippen LogP contribution in [0.5, 0.6) is 0 Å². The highest BCUT2D eigenvalue weighted by atomic mass is 79.9. The number of halogens is 1. The van der Waals surface area contributed by atoms with Gasteiger partial charge < -0.3 is 15.0 Å². The maximum absolute atomic E-state index is 5.81. The lowest BCUT2D eigenvalue weighted by molar-refractivity contribution is -0.00551. The molecular formula is C15H24BrN3O. The van der Waals surface area contributed by atoms with Gasteiger partial charge in [-0.15, -0.1) is 0 Å². The zero-order valence-corrected chi connectivity index (χ0v) is 14.1. The van der Waals surface area contributed by atoms with Gasteiger partial charge in [0.05, 0.1) is 12.2 Å². The summed E-state index contributed by atoms with van der Waals surface area (Å²) in [6.07, 6.45) is 3.52. The van der Waals surface area contributed by atoms with Gasteiger partial charge in [-0.2, -0.15) is 0 Å². The molecule has 1 fully saturated rings. The Hall–Kier alpha value is -0.650. The molecule has 4 nitrogen and oxygen atoms in total. The maximum atomic E-state index is 5.81. The predicted octanol–water partition coefficient (Wildman–Crippen LogP) is 2.96. The third-order valence-corrected chi connectivity index (χ3v) is 3.80. The molecule has 2 rings (SSSR count). The molecule has 0 radical (unpaired) electrons. The molecule has 20 heavy (non-hydrogen) atoms. The minimum atomic E-state index is 0.251. The van der Waals surface area contributed by atoms with Crippen molar-refractivity contribution in [2.75, 3.05) is 24.5 Å². The van der Waals surface area contributed by atoms with E-state index < -0.39 is 0 Å². The number of anilines is 1. The van der Waals surface area contributed by atoms with Gasteiger partial charge in [0.1, 0.15) is 5.82 Å². The summed E-state index contributed by atoms with van der Waals surface area (Å²) in [6, 6.07) is 2.16. The molecule has 0 aliphatic carbocycles. The van der Waals surface area contributed by atoms with Crippen LogP contribution in [0, 0.1) is 0 Å². The van der Waals surface area contributed by atoms with Crippen molar-refractivity contribution in [1.29, 1.82) is 0 Å². The largest absolute Gasteiger partial charge is 0.372 e. The highest BCUT2D eigenvalue weighted by Gasteiger charge is 2.24. The molecule has 0 amide bonds. The lowest BCUT2D eigenvalue weighted by atomic mass is 10.2. The zero-order chi connectivity index (χ0) is 14.5. The van der Waals surface area contributed by atoms with Gasteiger partial charge in [-0.25, -0.2) is 4.98 Å². The number of pyridine rings is 1. The molecule has 0 bridgehead atoms. The summed E-state index contributed by atoms with van der Waals surface area (Å²) in [4.78, 5) is 6.97. The van der Waals surface area contributed by atoms with Gasteiger partial charge in [0.15, 0.2) is 0 Å². The van der Waals surface area contributed by atoms with Crippen LogP contribution in [-0.4, -0.2) is 36.8 Å². The van der Waals surface area contributed by atoms with Crippen molar-refractivity contribution in [3.8, 4) is 0 Å². The van der Waals surface area contributed by atoms with Crippen molar-refractivity contribution in [2.45, 2.75) is 45.9 Å². The van der Waals surface area contributed by atoms with Gasteiger partial charge in [0, 0.05) is 35.9 Å². The molecule has 1 aromatic heterocycles. The highest BCUT2D eigenvalue weighted by Crippen LogP contribution is 2.24. The van der Waals surface area contributed by atoms with Crippen LogP contribution in [0.1, 0.15) is 32.8 Å². The van der Waals surface area contributed by atoms with E-state index >= 15 is 0 Å². The molecule has 2 heterocycles. The summed E-state index contributed by atoms with van der Waals surface area (Å²) in [5.74, 6) is 1.08. The average molecular weight is 342 g/mol. The van der Waals surface area contributed by atoms with E-state index in [1.54, 1.807) is 0 Å². The first-order valence-corrected chi connectivity index (χ1v) is 8.15. The van der Waals surface area contributed by atoms with Crippen LogP contribution in [0.4, 0.5) is 5.82 Å². The summed E-state index contributed by atoms with van der Waals surface area (Å²) in [7, 11) is 0. The fourth-order valence-electron chi connectivity index (χ4n) is 2.64. The van der Waals surface area contributed by atoms with Crippen molar-refractivity contribution in [3.05, 3.63) is 22.3 Å². The van der Waals surface area contributed by atoms with Crippen molar-refractivity contribution in [1.82, 2.24) is 10.3 Å². The van der Waals surface area contributed by atoms with E-state index in [4.69, 9.17) is 4.74 Å². The van der Waals surface area contributed by atoms with E-state index in [0.717, 1.165) is 42.9 Å². The number of ether oxygens (including phenoxy) is 1. The van der Waals surface area contributed by atoms with Gasteiger partial charge in [-0.1, -0.05) is 6.92 Å². The topological polar surface area (TPSA) is 37.4 Å². The van der Waals surface area contributed by atoms with Crippen LogP contribution < -0.4 is 10.2 Å². The first-order valence-electron chi connectivity index (χ1n) is 7.35. The molecule has 2 atom stereocenters. The number of nitrogens with one attached hydrogen (secondary N) is 1. The SMILES string of the molecule is CCCNCc1cc(Br)cnc1N1C[C@@H](C)O[C@@H](C)C1. The molecule has 1 N–H and O–H groups in total. The summed E-state index contributed by atoms with van der Waals surface area (Å²) in [5.41, 5.74) is 1.24. The Kier molecular flexibility index (Phi) is 5.81. The van der Waals surface area contributed by atoms with Crippen LogP contribution in [0.3, 0.4) is 0 Å². The van der Waals surface area contributed by atoms with Crippen molar-refractivity contribution in [3.63, 3.8) is 0 Å². The molecule has 0 unspecified atom stereocenters. The Balaban J connectivity index is 2.16. The van der Waals surface area contributed by atoms with Crippen LogP contribution in [-0.2, 0) is 11.3 Å². The number of morpholine rings is 1. The Morgan fingerprint density at radius 1 is 1.40 bits per heavy atom. The molecule has 0 spiro atoms. The van der Waals surface area contributed by atoms with E-state index in [2.05, 4.69) is 58.0 Å². The molecule has 112 valence electrons. The maximum Gasteiger partial charge on any atom is 0.133 e. The van der Waals surface area contributed by atoms with Gasteiger partial charge in [-0.3, -0.25) is 0 Å². The normalized spacial score (nSPS) is 23.1. The third-order valence-electron chi connectivity index (χ3n) is 3.37. The Labute approximate surface area is 130 Å². The van der Waals surface area contributed by atoms with Crippen LogP contribution in [0.15, 0.2) is 16.7 Å². The second-order valence-electron chi connectivity index (χ2n) is 5.48. The van der Waals surface area contributed by atoms with Gasteiger partial charge in [0.2, 0.25) is 0 Å². The van der Waals surface area contributed by atoms with Gasteiger partial charge in [-0.05, 0) is 48.8 Å². The average Bonchev–Trinajstić information content (AvgIpc) is 2.38. The van der Waals surface area contributed by atoms with Crippen molar-refractivity contribution < 1.29 is 4.74 Å². The highest BCUT2D eigenvalue weighted by molar-refractivity contribution is 9.10. The van der Waals surface area contributed by atoms with Crippen LogP contribution in [0.2, 0.25) is 0 Å². The fraction of sp³-hybridized carbons (Fsp3) is 0.667. The summed E-state index contributed by atoms with van der Waals surface area (Å²) in [5, 5.41) is 3.46. The molecule has 1 saturated heterocycles. The number of aromatic nitrogens is 1. The molecule has 5 heteroatoms. The third kappa shape index (κ3) is 4.17. The Morgan fingerprint density at radius 3 is 2.75 bits per heavy atom. The van der Waals surface area contributed by atoms with E-state index in [-0.39, 0.29) is 12.2 Å². The van der Waals surface area contributed by atoms with E-state index in [0.29, 0.717) is 0 Å². The monoisotopic (exact) mass is 341 g/mol. The van der Waals surface area contributed by atoms with E-state index in [1.165, 1.54) is 5.56 Å². The fourth-order valence-corrected chi connectivity index (χ4v) is 3.02. The predicted molar refractivity (Wildman–Crippen MR) is 86.2 cm³/mol. The smallest absolute Gasteiger partial charge is 0.133 e.